The first-order chi connectivity index (χ1) is 36.5. The predicted octanol–water partition coefficient (Wildman–Crippen LogP) is 5.91. The number of esters is 7. The van der Waals surface area contributed by atoms with Gasteiger partial charge in [0.2, 0.25) is 6.29 Å². The van der Waals surface area contributed by atoms with Crippen molar-refractivity contribution in [3.63, 3.8) is 0 Å². The Labute approximate surface area is 431 Å². The van der Waals surface area contributed by atoms with E-state index in [2.05, 4.69) is 0 Å². The van der Waals surface area contributed by atoms with Gasteiger partial charge in [-0.2, -0.15) is 0 Å². The molecule has 0 amide bonds. The summed E-state index contributed by atoms with van der Waals surface area (Å²) in [7, 11) is 0. The summed E-state index contributed by atoms with van der Waals surface area (Å²) in [6, 6.07) is 33.9. The van der Waals surface area contributed by atoms with Gasteiger partial charge < -0.3 is 56.8 Å². The number of nitro groups is 1. The molecule has 0 radical (unpaired) electrons. The molecule has 2 saturated heterocycles. The highest BCUT2D eigenvalue weighted by molar-refractivity contribution is 5.91. The van der Waals surface area contributed by atoms with E-state index < -0.39 is 127 Å². The Morgan fingerprint density at radius 3 is 1.18 bits per heavy atom. The van der Waals surface area contributed by atoms with Gasteiger partial charge in [-0.25, -0.2) is 24.0 Å². The summed E-state index contributed by atoms with van der Waals surface area (Å²) < 4.78 is 71.0. The standard InChI is InChI=1S/C53H47NO22/c1-30(55)65-28-39-41(71-47(58)33-16-8-4-9-17-33)43(73-49(60)35-20-12-6-13-21-35)46(51(69-39)67-32(3)57)75-52-45(74-50(61)36-22-14-7-15-23-36)44(76-53(62)68-38-26-24-37(25-27-38)54(63)64)42(40(70-52)29-66-31(2)56)72-48(59)34-18-10-5-11-19-34/h4-27,39-46,51-52H,28-29H2,1-3H3/t39-,40+,41+,42+,43-,44-,45-,46-,51?,52+/m0/s1. The number of rotatable bonds is 18. The van der Waals surface area contributed by atoms with Gasteiger partial charge in [0, 0.05) is 32.9 Å². The van der Waals surface area contributed by atoms with Crippen LogP contribution in [0.1, 0.15) is 62.2 Å². The summed E-state index contributed by atoms with van der Waals surface area (Å²) in [4.78, 5) is 119. The van der Waals surface area contributed by atoms with Gasteiger partial charge in [-0.3, -0.25) is 24.5 Å². The van der Waals surface area contributed by atoms with Gasteiger partial charge in [-0.15, -0.1) is 0 Å². The van der Waals surface area contributed by atoms with Crippen LogP contribution in [0.4, 0.5) is 10.5 Å². The quantitative estimate of drug-likeness (QED) is 0.0324. The zero-order chi connectivity index (χ0) is 54.3. The molecule has 76 heavy (non-hydrogen) atoms. The zero-order valence-corrected chi connectivity index (χ0v) is 40.5. The fraction of sp³-hybridized carbons (Fsp3) is 0.283. The summed E-state index contributed by atoms with van der Waals surface area (Å²) in [6.45, 7) is 1.59. The second kappa shape index (κ2) is 25.7. The third kappa shape index (κ3) is 14.6. The Morgan fingerprint density at radius 1 is 0.434 bits per heavy atom. The van der Waals surface area contributed by atoms with Gasteiger partial charge in [0.15, 0.2) is 42.9 Å². The minimum absolute atomic E-state index is 0.00467. The molecule has 2 heterocycles. The van der Waals surface area contributed by atoms with Crippen molar-refractivity contribution < 1.29 is 100 Å². The Balaban J connectivity index is 1.39. The zero-order valence-electron chi connectivity index (χ0n) is 40.5. The summed E-state index contributed by atoms with van der Waals surface area (Å²) in [5, 5.41) is 11.4. The monoisotopic (exact) mass is 1050 g/mol. The maximum Gasteiger partial charge on any atom is 0.514 e. The largest absolute Gasteiger partial charge is 0.514 e. The number of carbonyl (C=O) groups is 8. The third-order valence-electron chi connectivity index (χ3n) is 11.1. The highest BCUT2D eigenvalue weighted by Crippen LogP contribution is 2.37. The molecule has 396 valence electrons. The van der Waals surface area contributed by atoms with Crippen LogP contribution in [0.25, 0.3) is 0 Å². The molecule has 0 bridgehead atoms. The van der Waals surface area contributed by atoms with E-state index in [1.165, 1.54) is 97.1 Å². The van der Waals surface area contributed by atoms with Crippen molar-refractivity contribution in [3.8, 4) is 5.75 Å². The molecule has 10 atom stereocenters. The summed E-state index contributed by atoms with van der Waals surface area (Å²) in [6.07, 6.45) is -21.2. The molecule has 2 aliphatic rings. The van der Waals surface area contributed by atoms with E-state index in [0.29, 0.717) is 0 Å². The maximum absolute atomic E-state index is 14.3. The molecule has 23 nitrogen and oxygen atoms in total. The fourth-order valence-electron chi connectivity index (χ4n) is 7.70. The van der Waals surface area contributed by atoms with Gasteiger partial charge in [0.1, 0.15) is 31.2 Å². The minimum atomic E-state index is -2.20. The molecule has 23 heteroatoms. The molecule has 2 aliphatic heterocycles. The number of ether oxygens (including phenoxy) is 12. The molecular formula is C53H47NO22. The molecule has 0 aromatic heterocycles. The van der Waals surface area contributed by atoms with Crippen LogP contribution in [0, 0.1) is 10.1 Å². The van der Waals surface area contributed by atoms with Crippen LogP contribution >= 0.6 is 0 Å². The molecule has 7 rings (SSSR count). The first kappa shape index (κ1) is 54.7. The molecular weight excluding hydrogens is 1000 g/mol. The van der Waals surface area contributed by atoms with E-state index in [0.717, 1.165) is 45.0 Å². The highest BCUT2D eigenvalue weighted by Gasteiger charge is 2.59. The van der Waals surface area contributed by atoms with Gasteiger partial charge in [0.25, 0.3) is 5.69 Å². The Hall–Kier alpha value is -9.06. The Bertz CT molecular complexity index is 2850. The normalized spacial score (nSPS) is 22.7. The number of hydrogen-bond acceptors (Lipinski definition) is 22. The van der Waals surface area contributed by atoms with Crippen LogP contribution in [-0.2, 0) is 66.5 Å². The van der Waals surface area contributed by atoms with E-state index in [9.17, 15) is 48.5 Å². The minimum Gasteiger partial charge on any atom is -0.463 e. The lowest BCUT2D eigenvalue weighted by Crippen LogP contribution is -2.67. The molecule has 0 N–H and O–H groups in total. The van der Waals surface area contributed by atoms with Crippen molar-refractivity contribution in [2.45, 2.75) is 82.2 Å². The third-order valence-corrected chi connectivity index (χ3v) is 11.1. The van der Waals surface area contributed by atoms with Crippen molar-refractivity contribution in [2.24, 2.45) is 0 Å². The van der Waals surface area contributed by atoms with Crippen LogP contribution < -0.4 is 4.74 Å². The lowest BCUT2D eigenvalue weighted by atomic mass is 9.96. The SMILES string of the molecule is CC(=O)OC[C@@H]1OC(OC(C)=O)[C@@H](O[C@H]2O[C@H](COC(C)=O)[C@@H](OC(=O)c3ccccc3)[C@H](OC(=O)Oc3ccc([N+](=O)[O-])cc3)[C@@H]2OC(=O)c2ccccc2)[C@@H](OC(=O)c2ccccc2)[C@@H]1OC(=O)c1ccccc1. The van der Waals surface area contributed by atoms with E-state index in [-0.39, 0.29) is 33.7 Å². The molecule has 0 saturated carbocycles. The van der Waals surface area contributed by atoms with Crippen LogP contribution in [0.15, 0.2) is 146 Å². The average molecular weight is 1050 g/mol. The van der Waals surface area contributed by atoms with Gasteiger partial charge in [-0.1, -0.05) is 72.8 Å². The topological polar surface area (TPSA) is 290 Å². The van der Waals surface area contributed by atoms with Crippen LogP contribution in [0.5, 0.6) is 5.75 Å². The van der Waals surface area contributed by atoms with Crippen LogP contribution in [0.3, 0.4) is 0 Å². The van der Waals surface area contributed by atoms with Gasteiger partial charge >= 0.3 is 47.9 Å². The summed E-state index contributed by atoms with van der Waals surface area (Å²) in [5.74, 6) is -7.28. The summed E-state index contributed by atoms with van der Waals surface area (Å²) >= 11 is 0. The number of nitro benzene ring substituents is 1. The van der Waals surface area contributed by atoms with Gasteiger partial charge in [-0.05, 0) is 60.7 Å². The van der Waals surface area contributed by atoms with Crippen molar-refractivity contribution >= 4 is 53.6 Å². The molecule has 5 aromatic rings. The summed E-state index contributed by atoms with van der Waals surface area (Å²) in [5.41, 5.74) is -0.545. The van der Waals surface area contributed by atoms with Crippen LogP contribution in [-0.4, -0.2) is 127 Å². The second-order valence-corrected chi connectivity index (χ2v) is 16.5. The number of carbonyl (C=O) groups excluding carboxylic acids is 8. The number of benzene rings is 5. The van der Waals surface area contributed by atoms with Gasteiger partial charge in [0.05, 0.1) is 27.2 Å². The average Bonchev–Trinajstić information content (AvgIpc) is 3.41. The smallest absolute Gasteiger partial charge is 0.463 e. The Kier molecular flexibility index (Phi) is 18.5. The first-order valence-corrected chi connectivity index (χ1v) is 23.1. The van der Waals surface area contributed by atoms with E-state index >= 15 is 0 Å². The molecule has 5 aromatic carbocycles. The van der Waals surface area contributed by atoms with Crippen molar-refractivity contribution in [2.75, 3.05) is 13.2 Å². The number of non-ortho nitro benzene ring substituents is 1. The molecule has 0 aliphatic carbocycles. The van der Waals surface area contributed by atoms with E-state index in [1.807, 2.05) is 0 Å². The van der Waals surface area contributed by atoms with E-state index in [4.69, 9.17) is 56.8 Å². The van der Waals surface area contributed by atoms with Crippen LogP contribution in [0.2, 0.25) is 0 Å². The highest BCUT2D eigenvalue weighted by atomic mass is 16.8. The second-order valence-electron chi connectivity index (χ2n) is 16.5. The maximum atomic E-state index is 14.3. The Morgan fingerprint density at radius 2 is 0.803 bits per heavy atom. The molecule has 2 fully saturated rings. The number of nitrogens with zero attached hydrogens (tertiary/aromatic N) is 1. The fourth-order valence-corrected chi connectivity index (χ4v) is 7.70. The molecule has 0 spiro atoms. The van der Waals surface area contributed by atoms with Crippen molar-refractivity contribution in [3.05, 3.63) is 178 Å². The first-order valence-electron chi connectivity index (χ1n) is 23.1. The lowest BCUT2D eigenvalue weighted by molar-refractivity contribution is -0.384. The lowest BCUT2D eigenvalue weighted by Gasteiger charge is -2.48. The van der Waals surface area contributed by atoms with Crippen molar-refractivity contribution in [1.82, 2.24) is 0 Å². The molecule has 1 unspecified atom stereocenters. The number of hydrogen-bond donors (Lipinski definition) is 0. The van der Waals surface area contributed by atoms with Crippen molar-refractivity contribution in [1.29, 1.82) is 0 Å². The predicted molar refractivity (Wildman–Crippen MR) is 254 cm³/mol. The van der Waals surface area contributed by atoms with E-state index in [1.54, 1.807) is 24.3 Å².